The second kappa shape index (κ2) is 22.5. The van der Waals surface area contributed by atoms with Gasteiger partial charge in [-0.15, -0.1) is 0 Å². The Kier molecular flexibility index (Phi) is 19.9. The van der Waals surface area contributed by atoms with Crippen LogP contribution in [0.15, 0.2) is 11.6 Å². The average molecular weight is 597 g/mol. The highest BCUT2D eigenvalue weighted by Crippen LogP contribution is 2.28. The van der Waals surface area contributed by atoms with E-state index in [2.05, 4.69) is 6.92 Å². The minimum atomic E-state index is -0.531. The molecule has 0 saturated carbocycles. The summed E-state index contributed by atoms with van der Waals surface area (Å²) in [5.74, 6) is -0.314. The van der Waals surface area contributed by atoms with Gasteiger partial charge >= 0.3 is 5.97 Å². The van der Waals surface area contributed by atoms with Crippen molar-refractivity contribution in [1.29, 1.82) is 0 Å². The standard InChI is InChI=1S/C35H64O7/c1-3-4-5-6-7-8-9-10-11-15-22-33-32(39)23-24-34(42-33)31(38)21-17-16-19-29(36)18-13-12-14-20-30(37)26-28-25-27(2)41-35(28)40/h25,27,29-34,36-39H,3-24,26H2,1-2H3/t27-,29+,30+,31+,32+,33+,34+/m0/s1. The summed E-state index contributed by atoms with van der Waals surface area (Å²) in [6.07, 6.45) is 22.2. The summed E-state index contributed by atoms with van der Waals surface area (Å²) in [6.45, 7) is 4.07. The van der Waals surface area contributed by atoms with Gasteiger partial charge in [0.2, 0.25) is 0 Å². The van der Waals surface area contributed by atoms with E-state index in [4.69, 9.17) is 9.47 Å². The molecule has 2 aliphatic heterocycles. The fourth-order valence-electron chi connectivity index (χ4n) is 6.42. The number of hydrogen-bond acceptors (Lipinski definition) is 7. The zero-order chi connectivity index (χ0) is 30.6. The van der Waals surface area contributed by atoms with Gasteiger partial charge < -0.3 is 29.9 Å². The first-order valence-corrected chi connectivity index (χ1v) is 17.6. The second-order valence-electron chi connectivity index (χ2n) is 13.1. The highest BCUT2D eigenvalue weighted by molar-refractivity contribution is 5.90. The molecule has 7 heteroatoms. The summed E-state index contributed by atoms with van der Waals surface area (Å²) in [6, 6.07) is 0. The molecule has 0 aliphatic carbocycles. The first-order chi connectivity index (χ1) is 20.3. The predicted molar refractivity (Wildman–Crippen MR) is 168 cm³/mol. The van der Waals surface area contributed by atoms with Crippen molar-refractivity contribution in [1.82, 2.24) is 0 Å². The van der Waals surface area contributed by atoms with Gasteiger partial charge in [-0.3, -0.25) is 0 Å². The summed E-state index contributed by atoms with van der Waals surface area (Å²) in [4.78, 5) is 11.7. The van der Waals surface area contributed by atoms with Crippen LogP contribution in [0.1, 0.15) is 162 Å². The molecule has 246 valence electrons. The van der Waals surface area contributed by atoms with E-state index in [9.17, 15) is 25.2 Å². The molecule has 42 heavy (non-hydrogen) atoms. The van der Waals surface area contributed by atoms with Crippen LogP contribution in [0.4, 0.5) is 0 Å². The normalized spacial score (nSPS) is 24.8. The van der Waals surface area contributed by atoms with E-state index in [0.717, 1.165) is 57.8 Å². The van der Waals surface area contributed by atoms with E-state index in [1.807, 2.05) is 6.92 Å². The molecule has 7 atom stereocenters. The van der Waals surface area contributed by atoms with Gasteiger partial charge in [-0.25, -0.2) is 4.79 Å². The van der Waals surface area contributed by atoms with Crippen LogP contribution in [0.2, 0.25) is 0 Å². The maximum atomic E-state index is 11.7. The molecule has 4 N–H and O–H groups in total. The van der Waals surface area contributed by atoms with Crippen molar-refractivity contribution in [2.45, 2.75) is 204 Å². The first kappa shape index (κ1) is 37.2. The molecular weight excluding hydrogens is 532 g/mol. The summed E-state index contributed by atoms with van der Waals surface area (Å²) in [5, 5.41) is 41.7. The Hall–Kier alpha value is -0.990. The van der Waals surface area contributed by atoms with E-state index in [1.54, 1.807) is 6.08 Å². The highest BCUT2D eigenvalue weighted by Gasteiger charge is 2.33. The largest absolute Gasteiger partial charge is 0.455 e. The molecule has 2 heterocycles. The molecule has 0 spiro atoms. The van der Waals surface area contributed by atoms with Gasteiger partial charge in [0.15, 0.2) is 0 Å². The zero-order valence-corrected chi connectivity index (χ0v) is 26.9. The molecule has 0 aromatic rings. The van der Waals surface area contributed by atoms with Crippen molar-refractivity contribution >= 4 is 5.97 Å². The fourth-order valence-corrected chi connectivity index (χ4v) is 6.42. The Bertz CT molecular complexity index is 726. The molecule has 2 rings (SSSR count). The third-order valence-electron chi connectivity index (χ3n) is 9.11. The van der Waals surface area contributed by atoms with Crippen LogP contribution in [-0.4, -0.2) is 69.1 Å². The topological polar surface area (TPSA) is 116 Å². The van der Waals surface area contributed by atoms with Crippen molar-refractivity contribution in [3.63, 3.8) is 0 Å². The Balaban J connectivity index is 1.45. The van der Waals surface area contributed by atoms with Crippen molar-refractivity contribution in [2.75, 3.05) is 0 Å². The predicted octanol–water partition coefficient (Wildman–Crippen LogP) is 7.06. The Morgan fingerprint density at radius 1 is 0.762 bits per heavy atom. The lowest BCUT2D eigenvalue weighted by Gasteiger charge is -2.36. The number of carbonyl (C=O) groups excluding carboxylic acids is 1. The van der Waals surface area contributed by atoms with Crippen LogP contribution < -0.4 is 0 Å². The minimum Gasteiger partial charge on any atom is -0.455 e. The summed E-state index contributed by atoms with van der Waals surface area (Å²) >= 11 is 0. The number of rotatable bonds is 25. The molecule has 2 aliphatic rings. The molecule has 1 fully saturated rings. The maximum absolute atomic E-state index is 11.7. The number of aliphatic hydroxyl groups excluding tert-OH is 4. The highest BCUT2D eigenvalue weighted by atomic mass is 16.5. The van der Waals surface area contributed by atoms with Gasteiger partial charge in [-0.05, 0) is 57.9 Å². The van der Waals surface area contributed by atoms with Crippen molar-refractivity contribution in [3.8, 4) is 0 Å². The van der Waals surface area contributed by atoms with Crippen molar-refractivity contribution in [2.24, 2.45) is 0 Å². The third-order valence-corrected chi connectivity index (χ3v) is 9.11. The first-order valence-electron chi connectivity index (χ1n) is 17.6. The lowest BCUT2D eigenvalue weighted by molar-refractivity contribution is -0.155. The zero-order valence-electron chi connectivity index (χ0n) is 26.9. The quantitative estimate of drug-likeness (QED) is 0.0658. The summed E-state index contributed by atoms with van der Waals surface area (Å²) in [5.41, 5.74) is 0.576. The number of esters is 1. The number of aliphatic hydroxyl groups is 4. The average Bonchev–Trinajstić information content (AvgIpc) is 3.28. The SMILES string of the molecule is CCCCCCCCCCCC[C@H]1O[C@@H]([C@H](O)CCCC[C@H](O)CCCCC[C@@H](O)CC2=C[C@H](C)OC2=O)CC[C@H]1O. The number of hydrogen-bond donors (Lipinski definition) is 4. The van der Waals surface area contributed by atoms with Crippen LogP contribution >= 0.6 is 0 Å². The number of unbranched alkanes of at least 4 members (excludes halogenated alkanes) is 12. The maximum Gasteiger partial charge on any atom is 0.334 e. The van der Waals surface area contributed by atoms with Gasteiger partial charge in [0.1, 0.15) is 6.10 Å². The van der Waals surface area contributed by atoms with Gasteiger partial charge in [0, 0.05) is 12.0 Å². The van der Waals surface area contributed by atoms with E-state index >= 15 is 0 Å². The minimum absolute atomic E-state index is 0.157. The number of cyclic esters (lactones) is 1. The molecule has 1 saturated heterocycles. The van der Waals surface area contributed by atoms with E-state index < -0.39 is 18.3 Å². The molecular formula is C35H64O7. The van der Waals surface area contributed by atoms with Crippen LogP contribution in [0.3, 0.4) is 0 Å². The molecule has 0 radical (unpaired) electrons. The van der Waals surface area contributed by atoms with E-state index in [0.29, 0.717) is 37.7 Å². The number of carbonyl (C=O) groups is 1. The van der Waals surface area contributed by atoms with Crippen LogP contribution in [0.25, 0.3) is 0 Å². The molecule has 0 aromatic carbocycles. The van der Waals surface area contributed by atoms with Crippen molar-refractivity contribution < 1.29 is 34.7 Å². The van der Waals surface area contributed by atoms with E-state index in [-0.39, 0.29) is 30.4 Å². The lowest BCUT2D eigenvalue weighted by Crippen LogP contribution is -2.43. The Labute approximate surface area is 256 Å². The van der Waals surface area contributed by atoms with E-state index in [1.165, 1.54) is 57.8 Å². The molecule has 0 amide bonds. The third kappa shape index (κ3) is 16.2. The summed E-state index contributed by atoms with van der Waals surface area (Å²) < 4.78 is 11.2. The van der Waals surface area contributed by atoms with Crippen molar-refractivity contribution in [3.05, 3.63) is 11.6 Å². The molecule has 0 unspecified atom stereocenters. The molecule has 0 aromatic heterocycles. The Morgan fingerprint density at radius 3 is 1.93 bits per heavy atom. The Morgan fingerprint density at radius 2 is 1.31 bits per heavy atom. The molecule has 7 nitrogen and oxygen atoms in total. The van der Waals surface area contributed by atoms with Gasteiger partial charge in [0.25, 0.3) is 0 Å². The monoisotopic (exact) mass is 596 g/mol. The van der Waals surface area contributed by atoms with Gasteiger partial charge in [-0.1, -0.05) is 103 Å². The number of ether oxygens (including phenoxy) is 2. The van der Waals surface area contributed by atoms with Gasteiger partial charge in [0.05, 0.1) is 36.6 Å². The van der Waals surface area contributed by atoms with Gasteiger partial charge in [-0.2, -0.15) is 0 Å². The molecule has 0 bridgehead atoms. The summed E-state index contributed by atoms with van der Waals surface area (Å²) in [7, 11) is 0. The second-order valence-corrected chi connectivity index (χ2v) is 13.1. The van der Waals surface area contributed by atoms with Crippen LogP contribution in [0, 0.1) is 0 Å². The lowest BCUT2D eigenvalue weighted by atomic mass is 9.92. The van der Waals surface area contributed by atoms with Crippen LogP contribution in [-0.2, 0) is 14.3 Å². The van der Waals surface area contributed by atoms with Crippen LogP contribution in [0.5, 0.6) is 0 Å². The fraction of sp³-hybridized carbons (Fsp3) is 0.914. The smallest absolute Gasteiger partial charge is 0.334 e.